The van der Waals surface area contributed by atoms with Gasteiger partial charge in [-0.1, -0.05) is 36.4 Å². The molecular formula is C18H20O4S. The minimum atomic E-state index is -3.24. The number of hydrogen-bond acceptors (Lipinski definition) is 4. The number of benzene rings is 2. The first-order valence-corrected chi connectivity index (χ1v) is 9.57. The first-order valence-electron chi connectivity index (χ1n) is 7.75. The van der Waals surface area contributed by atoms with E-state index >= 15 is 0 Å². The molecule has 2 aromatic rings. The molecule has 0 spiro atoms. The van der Waals surface area contributed by atoms with Gasteiger partial charge in [-0.3, -0.25) is 0 Å². The van der Waals surface area contributed by atoms with Gasteiger partial charge in [-0.15, -0.1) is 0 Å². The van der Waals surface area contributed by atoms with Crippen molar-refractivity contribution in [1.29, 1.82) is 0 Å². The molecule has 4 nitrogen and oxygen atoms in total. The molecule has 23 heavy (non-hydrogen) atoms. The van der Waals surface area contributed by atoms with Crippen LogP contribution in [0.25, 0.3) is 0 Å². The molecule has 1 heterocycles. The molecule has 5 heteroatoms. The number of sulfone groups is 1. The van der Waals surface area contributed by atoms with E-state index in [1.165, 1.54) is 0 Å². The van der Waals surface area contributed by atoms with E-state index in [9.17, 15) is 8.42 Å². The van der Waals surface area contributed by atoms with Crippen molar-refractivity contribution in [3.05, 3.63) is 60.2 Å². The van der Waals surface area contributed by atoms with Gasteiger partial charge in [-0.2, -0.15) is 0 Å². The highest BCUT2D eigenvalue weighted by atomic mass is 32.2. The van der Waals surface area contributed by atoms with E-state index in [-0.39, 0.29) is 17.6 Å². The Morgan fingerprint density at radius 3 is 2.52 bits per heavy atom. The lowest BCUT2D eigenvalue weighted by molar-refractivity contribution is 0.127. The Hall–Kier alpha value is -1.85. The molecule has 1 unspecified atom stereocenters. The predicted octanol–water partition coefficient (Wildman–Crippen LogP) is 3.57. The van der Waals surface area contributed by atoms with Crippen molar-refractivity contribution >= 4 is 9.84 Å². The van der Waals surface area contributed by atoms with Crippen LogP contribution in [-0.4, -0.2) is 26.9 Å². The molecule has 0 saturated carbocycles. The zero-order chi connectivity index (χ0) is 16.1. The van der Waals surface area contributed by atoms with E-state index in [0.717, 1.165) is 12.8 Å². The van der Waals surface area contributed by atoms with Crippen molar-refractivity contribution < 1.29 is 17.9 Å². The lowest BCUT2D eigenvalue weighted by atomic mass is 10.2. The first kappa shape index (κ1) is 16.0. The number of ether oxygens (including phenoxy) is 2. The Morgan fingerprint density at radius 2 is 1.78 bits per heavy atom. The smallest absolute Gasteiger partial charge is 0.157 e. The normalized spacial score (nSPS) is 18.0. The predicted molar refractivity (Wildman–Crippen MR) is 89.4 cm³/mol. The molecule has 1 saturated heterocycles. The van der Waals surface area contributed by atoms with E-state index in [0.29, 0.717) is 23.7 Å². The molecule has 0 N–H and O–H groups in total. The monoisotopic (exact) mass is 332 g/mol. The average molecular weight is 332 g/mol. The maximum Gasteiger partial charge on any atom is 0.157 e. The highest BCUT2D eigenvalue weighted by molar-refractivity contribution is 7.90. The molecule has 0 bridgehead atoms. The Kier molecular flexibility index (Phi) is 4.98. The van der Waals surface area contributed by atoms with Crippen LogP contribution in [0.1, 0.15) is 18.4 Å². The number of para-hydroxylation sites is 2. The lowest BCUT2D eigenvalue weighted by Crippen LogP contribution is -2.21. The zero-order valence-electron chi connectivity index (χ0n) is 12.9. The molecule has 3 rings (SSSR count). The third-order valence-electron chi connectivity index (χ3n) is 3.78. The molecular weight excluding hydrogens is 312 g/mol. The molecule has 1 aliphatic rings. The fourth-order valence-electron chi connectivity index (χ4n) is 2.69. The van der Waals surface area contributed by atoms with Crippen LogP contribution in [0.15, 0.2) is 54.6 Å². The summed E-state index contributed by atoms with van der Waals surface area (Å²) in [7, 11) is -3.24. The van der Waals surface area contributed by atoms with E-state index < -0.39 is 9.84 Å². The quantitative estimate of drug-likeness (QED) is 0.811. The van der Waals surface area contributed by atoms with Crippen LogP contribution in [0.3, 0.4) is 0 Å². The summed E-state index contributed by atoms with van der Waals surface area (Å²) in [4.78, 5) is 0. The van der Waals surface area contributed by atoms with Crippen molar-refractivity contribution in [2.24, 2.45) is 0 Å². The minimum Gasteiger partial charge on any atom is -0.457 e. The van der Waals surface area contributed by atoms with Crippen molar-refractivity contribution in [3.8, 4) is 11.5 Å². The van der Waals surface area contributed by atoms with Crippen LogP contribution in [0.4, 0.5) is 0 Å². The molecule has 0 radical (unpaired) electrons. The van der Waals surface area contributed by atoms with Crippen molar-refractivity contribution in [2.75, 3.05) is 12.4 Å². The Morgan fingerprint density at radius 1 is 1.04 bits per heavy atom. The second-order valence-corrected chi connectivity index (χ2v) is 7.82. The summed E-state index contributed by atoms with van der Waals surface area (Å²) in [5, 5.41) is 0. The maximum atomic E-state index is 12.4. The highest BCUT2D eigenvalue weighted by Gasteiger charge is 2.24. The van der Waals surface area contributed by atoms with Gasteiger partial charge in [0, 0.05) is 12.2 Å². The average Bonchev–Trinajstić information content (AvgIpc) is 3.02. The lowest BCUT2D eigenvalue weighted by Gasteiger charge is -2.13. The van der Waals surface area contributed by atoms with Crippen molar-refractivity contribution in [2.45, 2.75) is 24.7 Å². The summed E-state index contributed by atoms with van der Waals surface area (Å²) >= 11 is 0. The molecule has 1 aliphatic heterocycles. The molecule has 1 atom stereocenters. The largest absolute Gasteiger partial charge is 0.457 e. The van der Waals surface area contributed by atoms with Gasteiger partial charge in [0.05, 0.1) is 17.6 Å². The number of hydrogen-bond donors (Lipinski definition) is 0. The van der Waals surface area contributed by atoms with E-state index in [2.05, 4.69) is 0 Å². The van der Waals surface area contributed by atoms with Crippen LogP contribution in [0, 0.1) is 0 Å². The van der Waals surface area contributed by atoms with Crippen LogP contribution >= 0.6 is 0 Å². The topological polar surface area (TPSA) is 52.6 Å². The fourth-order valence-corrected chi connectivity index (χ4v) is 4.35. The Labute approximate surface area is 137 Å². The maximum absolute atomic E-state index is 12.4. The van der Waals surface area contributed by atoms with Gasteiger partial charge >= 0.3 is 0 Å². The molecule has 0 aliphatic carbocycles. The van der Waals surface area contributed by atoms with Gasteiger partial charge in [0.1, 0.15) is 11.5 Å². The minimum absolute atomic E-state index is 0.0319. The first-order chi connectivity index (χ1) is 11.1. The van der Waals surface area contributed by atoms with Crippen LogP contribution in [0.5, 0.6) is 11.5 Å². The van der Waals surface area contributed by atoms with Gasteiger partial charge in [0.2, 0.25) is 0 Å². The summed E-state index contributed by atoms with van der Waals surface area (Å²) in [6.45, 7) is 0.661. The summed E-state index contributed by atoms with van der Waals surface area (Å²) in [6, 6.07) is 16.6. The standard InChI is InChI=1S/C18H20O4S/c19-23(20,14-17-10-6-12-21-17)13-15-7-4-5-11-18(15)22-16-8-2-1-3-9-16/h1-5,7-9,11,17H,6,10,12-14H2. The van der Waals surface area contributed by atoms with Gasteiger partial charge in [0.15, 0.2) is 9.84 Å². The summed E-state index contributed by atoms with van der Waals surface area (Å²) in [5.74, 6) is 1.31. The molecule has 122 valence electrons. The van der Waals surface area contributed by atoms with E-state index in [1.807, 2.05) is 42.5 Å². The second-order valence-electron chi connectivity index (χ2n) is 5.71. The van der Waals surface area contributed by atoms with Crippen LogP contribution in [-0.2, 0) is 20.3 Å². The van der Waals surface area contributed by atoms with Gasteiger partial charge < -0.3 is 9.47 Å². The molecule has 1 fully saturated rings. The summed E-state index contributed by atoms with van der Waals surface area (Å²) in [6.07, 6.45) is 1.59. The Bertz CT molecular complexity index is 735. The molecule has 0 aromatic heterocycles. The van der Waals surface area contributed by atoms with Crippen molar-refractivity contribution in [1.82, 2.24) is 0 Å². The van der Waals surface area contributed by atoms with Crippen LogP contribution < -0.4 is 4.74 Å². The van der Waals surface area contributed by atoms with Crippen molar-refractivity contribution in [3.63, 3.8) is 0 Å². The highest BCUT2D eigenvalue weighted by Crippen LogP contribution is 2.27. The third-order valence-corrected chi connectivity index (χ3v) is 5.41. The van der Waals surface area contributed by atoms with E-state index in [4.69, 9.17) is 9.47 Å². The van der Waals surface area contributed by atoms with Crippen LogP contribution in [0.2, 0.25) is 0 Å². The second kappa shape index (κ2) is 7.15. The van der Waals surface area contributed by atoms with Gasteiger partial charge in [-0.25, -0.2) is 8.42 Å². The summed E-state index contributed by atoms with van der Waals surface area (Å²) in [5.41, 5.74) is 0.675. The zero-order valence-corrected chi connectivity index (χ0v) is 13.7. The third kappa shape index (κ3) is 4.56. The van der Waals surface area contributed by atoms with Gasteiger partial charge in [-0.05, 0) is 31.0 Å². The molecule has 0 amide bonds. The Balaban J connectivity index is 1.74. The summed E-state index contributed by atoms with van der Waals surface area (Å²) < 4.78 is 36.1. The SMILES string of the molecule is O=S(=O)(Cc1ccccc1Oc1ccccc1)CC1CCCO1. The van der Waals surface area contributed by atoms with E-state index in [1.54, 1.807) is 12.1 Å². The fraction of sp³-hybridized carbons (Fsp3) is 0.333. The van der Waals surface area contributed by atoms with Gasteiger partial charge in [0.25, 0.3) is 0 Å². The number of rotatable bonds is 6. The molecule has 2 aromatic carbocycles.